The Morgan fingerprint density at radius 1 is 1.30 bits per heavy atom. The van der Waals surface area contributed by atoms with Gasteiger partial charge in [-0.15, -0.1) is 12.4 Å². The highest BCUT2D eigenvalue weighted by Gasteiger charge is 2.32. The first-order chi connectivity index (χ1) is 9.35. The molecule has 3 rings (SSSR count). The van der Waals surface area contributed by atoms with Gasteiger partial charge in [0.05, 0.1) is 6.61 Å². The van der Waals surface area contributed by atoms with E-state index in [0.29, 0.717) is 0 Å². The number of fused-ring (bicyclic) bond motifs is 1. The predicted octanol–water partition coefficient (Wildman–Crippen LogP) is 2.55. The second-order valence-corrected chi connectivity index (χ2v) is 5.78. The van der Waals surface area contributed by atoms with Crippen LogP contribution in [-0.4, -0.2) is 37.7 Å². The second kappa shape index (κ2) is 7.30. The van der Waals surface area contributed by atoms with Crippen LogP contribution in [0.5, 0.6) is 5.75 Å². The van der Waals surface area contributed by atoms with Crippen molar-refractivity contribution in [2.45, 2.75) is 19.9 Å². The number of ether oxygens (including phenoxy) is 1. The second-order valence-electron chi connectivity index (χ2n) is 5.78. The van der Waals surface area contributed by atoms with Gasteiger partial charge in [-0.1, -0.05) is 12.1 Å². The topological polar surface area (TPSA) is 24.5 Å². The third-order valence-electron chi connectivity index (χ3n) is 4.40. The minimum Gasteiger partial charge on any atom is -0.494 e. The van der Waals surface area contributed by atoms with Gasteiger partial charge in [0.15, 0.2) is 0 Å². The largest absolute Gasteiger partial charge is 0.494 e. The van der Waals surface area contributed by atoms with E-state index < -0.39 is 0 Å². The molecule has 1 N–H and O–H groups in total. The first kappa shape index (κ1) is 15.6. The average Bonchev–Trinajstić information content (AvgIpc) is 2.87. The van der Waals surface area contributed by atoms with Gasteiger partial charge in [0.25, 0.3) is 0 Å². The van der Waals surface area contributed by atoms with E-state index in [1.54, 1.807) is 0 Å². The van der Waals surface area contributed by atoms with Crippen LogP contribution in [0.25, 0.3) is 0 Å². The van der Waals surface area contributed by atoms with Crippen LogP contribution < -0.4 is 10.1 Å². The zero-order valence-electron chi connectivity index (χ0n) is 12.2. The lowest BCUT2D eigenvalue weighted by Crippen LogP contribution is -2.39. The number of benzene rings is 1. The number of nitrogens with one attached hydrogen (secondary N) is 1. The van der Waals surface area contributed by atoms with Crippen molar-refractivity contribution in [2.24, 2.45) is 11.8 Å². The molecule has 0 radical (unpaired) electrons. The van der Waals surface area contributed by atoms with Crippen LogP contribution in [0.1, 0.15) is 18.9 Å². The van der Waals surface area contributed by atoms with Gasteiger partial charge in [0, 0.05) is 13.1 Å². The van der Waals surface area contributed by atoms with Gasteiger partial charge in [0.1, 0.15) is 5.75 Å². The molecule has 2 aliphatic rings. The smallest absolute Gasteiger partial charge is 0.119 e. The molecular weight excluding hydrogens is 272 g/mol. The van der Waals surface area contributed by atoms with Gasteiger partial charge in [-0.05, 0) is 62.5 Å². The predicted molar refractivity (Wildman–Crippen MR) is 84.6 cm³/mol. The van der Waals surface area contributed by atoms with Crippen molar-refractivity contribution in [3.8, 4) is 5.75 Å². The molecule has 2 unspecified atom stereocenters. The van der Waals surface area contributed by atoms with Gasteiger partial charge in [-0.25, -0.2) is 0 Å². The van der Waals surface area contributed by atoms with Gasteiger partial charge < -0.3 is 10.1 Å². The third kappa shape index (κ3) is 3.66. The number of hydrogen-bond donors (Lipinski definition) is 1. The Morgan fingerprint density at radius 2 is 2.15 bits per heavy atom. The standard InChI is InChI=1S/C16H24N2O.ClH/c1-2-19-16-5-3-4-13(8-16)11-18-7-6-14-9-17-10-15(14)12-18;/h3-5,8,14-15,17H,2,6-7,9-12H2,1H3;1H. The van der Waals surface area contributed by atoms with Crippen LogP contribution in [0.4, 0.5) is 0 Å². The molecule has 0 spiro atoms. The van der Waals surface area contributed by atoms with E-state index in [1.165, 1.54) is 38.2 Å². The summed E-state index contributed by atoms with van der Waals surface area (Å²) >= 11 is 0. The lowest BCUT2D eigenvalue weighted by atomic mass is 9.88. The SMILES string of the molecule is CCOc1cccc(CN2CCC3CNCC3C2)c1.Cl. The van der Waals surface area contributed by atoms with Crippen LogP contribution >= 0.6 is 12.4 Å². The number of piperidine rings is 1. The average molecular weight is 297 g/mol. The number of halogens is 1. The third-order valence-corrected chi connectivity index (χ3v) is 4.40. The summed E-state index contributed by atoms with van der Waals surface area (Å²) in [7, 11) is 0. The minimum absolute atomic E-state index is 0. The summed E-state index contributed by atoms with van der Waals surface area (Å²) in [5.41, 5.74) is 1.37. The maximum Gasteiger partial charge on any atom is 0.119 e. The van der Waals surface area contributed by atoms with Crippen molar-refractivity contribution in [1.29, 1.82) is 0 Å². The summed E-state index contributed by atoms with van der Waals surface area (Å²) < 4.78 is 5.58. The van der Waals surface area contributed by atoms with Gasteiger partial charge in [0.2, 0.25) is 0 Å². The monoisotopic (exact) mass is 296 g/mol. The van der Waals surface area contributed by atoms with E-state index in [2.05, 4.69) is 28.4 Å². The highest BCUT2D eigenvalue weighted by Crippen LogP contribution is 2.27. The Hall–Kier alpha value is -0.770. The number of rotatable bonds is 4. The molecule has 0 aromatic heterocycles. The maximum atomic E-state index is 5.58. The molecule has 4 heteroatoms. The molecule has 3 nitrogen and oxygen atoms in total. The summed E-state index contributed by atoms with van der Waals surface area (Å²) in [5.74, 6) is 2.78. The van der Waals surface area contributed by atoms with E-state index in [0.717, 1.165) is 30.7 Å². The molecule has 2 fully saturated rings. The maximum absolute atomic E-state index is 5.58. The number of hydrogen-bond acceptors (Lipinski definition) is 3. The first-order valence-electron chi connectivity index (χ1n) is 7.50. The Kier molecular flexibility index (Phi) is 5.70. The van der Waals surface area contributed by atoms with Crippen LogP contribution in [0.2, 0.25) is 0 Å². The molecule has 0 bridgehead atoms. The lowest BCUT2D eigenvalue weighted by Gasteiger charge is -2.34. The number of likely N-dealkylation sites (tertiary alicyclic amines) is 1. The van der Waals surface area contributed by atoms with Crippen LogP contribution in [0.3, 0.4) is 0 Å². The van der Waals surface area contributed by atoms with Gasteiger partial charge >= 0.3 is 0 Å². The molecule has 2 saturated heterocycles. The fourth-order valence-electron chi connectivity index (χ4n) is 3.41. The zero-order valence-corrected chi connectivity index (χ0v) is 13.0. The molecule has 2 atom stereocenters. The summed E-state index contributed by atoms with van der Waals surface area (Å²) in [4.78, 5) is 2.60. The van der Waals surface area contributed by atoms with E-state index >= 15 is 0 Å². The van der Waals surface area contributed by atoms with E-state index in [1.807, 2.05) is 13.0 Å². The molecule has 112 valence electrons. The molecule has 0 saturated carbocycles. The first-order valence-corrected chi connectivity index (χ1v) is 7.50. The Morgan fingerprint density at radius 3 is 3.00 bits per heavy atom. The van der Waals surface area contributed by atoms with Crippen molar-refractivity contribution in [2.75, 3.05) is 32.8 Å². The van der Waals surface area contributed by atoms with Crippen molar-refractivity contribution in [1.82, 2.24) is 10.2 Å². The van der Waals surface area contributed by atoms with E-state index in [4.69, 9.17) is 4.74 Å². The summed E-state index contributed by atoms with van der Waals surface area (Å²) in [5, 5.41) is 3.53. The summed E-state index contributed by atoms with van der Waals surface area (Å²) in [6, 6.07) is 8.54. The molecule has 0 amide bonds. The lowest BCUT2D eigenvalue weighted by molar-refractivity contribution is 0.142. The fourth-order valence-corrected chi connectivity index (χ4v) is 3.41. The number of nitrogens with zero attached hydrogens (tertiary/aromatic N) is 1. The van der Waals surface area contributed by atoms with Gasteiger partial charge in [-0.3, -0.25) is 4.90 Å². The van der Waals surface area contributed by atoms with Crippen LogP contribution in [-0.2, 0) is 6.54 Å². The molecule has 1 aromatic rings. The molecule has 2 aliphatic heterocycles. The molecule has 0 aliphatic carbocycles. The zero-order chi connectivity index (χ0) is 13.1. The fraction of sp³-hybridized carbons (Fsp3) is 0.625. The molecular formula is C16H25ClN2O. The highest BCUT2D eigenvalue weighted by atomic mass is 35.5. The summed E-state index contributed by atoms with van der Waals surface area (Å²) in [6.45, 7) is 8.76. The minimum atomic E-state index is 0. The van der Waals surface area contributed by atoms with E-state index in [9.17, 15) is 0 Å². The molecule has 1 aromatic carbocycles. The normalized spacial score (nSPS) is 25.9. The highest BCUT2D eigenvalue weighted by molar-refractivity contribution is 5.85. The van der Waals surface area contributed by atoms with Crippen LogP contribution in [0.15, 0.2) is 24.3 Å². The van der Waals surface area contributed by atoms with Crippen LogP contribution in [0, 0.1) is 11.8 Å². The van der Waals surface area contributed by atoms with Crippen molar-refractivity contribution in [3.05, 3.63) is 29.8 Å². The van der Waals surface area contributed by atoms with Crippen molar-refractivity contribution >= 4 is 12.4 Å². The Balaban J connectivity index is 0.00000147. The molecule has 2 heterocycles. The van der Waals surface area contributed by atoms with E-state index in [-0.39, 0.29) is 12.4 Å². The van der Waals surface area contributed by atoms with Crippen molar-refractivity contribution < 1.29 is 4.74 Å². The Labute approximate surface area is 128 Å². The van der Waals surface area contributed by atoms with Gasteiger partial charge in [-0.2, -0.15) is 0 Å². The van der Waals surface area contributed by atoms with Crippen molar-refractivity contribution in [3.63, 3.8) is 0 Å². The molecule has 20 heavy (non-hydrogen) atoms. The quantitative estimate of drug-likeness (QED) is 0.924. The Bertz CT molecular complexity index is 427. The summed E-state index contributed by atoms with van der Waals surface area (Å²) in [6.07, 6.45) is 1.35.